The summed E-state index contributed by atoms with van der Waals surface area (Å²) in [4.78, 5) is 23.7. The van der Waals surface area contributed by atoms with E-state index in [1.807, 2.05) is 11.4 Å². The summed E-state index contributed by atoms with van der Waals surface area (Å²) < 4.78 is 0.990. The van der Waals surface area contributed by atoms with Gasteiger partial charge in [0, 0.05) is 20.4 Å². The van der Waals surface area contributed by atoms with Crippen LogP contribution < -0.4 is 10.6 Å². The second-order valence-corrected chi connectivity index (χ2v) is 6.29. The molecule has 0 spiro atoms. The van der Waals surface area contributed by atoms with Crippen LogP contribution in [0.15, 0.2) is 34.1 Å². The first kappa shape index (κ1) is 15.5. The lowest BCUT2D eigenvalue weighted by molar-refractivity contribution is 0.0696. The Labute approximate surface area is 134 Å². The van der Waals surface area contributed by atoms with Crippen molar-refractivity contribution in [3.05, 3.63) is 50.1 Å². The number of carboxylic acid groups (broad SMARTS) is 1. The van der Waals surface area contributed by atoms with Crippen molar-refractivity contribution < 1.29 is 14.7 Å². The van der Waals surface area contributed by atoms with Crippen LogP contribution in [0.4, 0.5) is 10.5 Å². The van der Waals surface area contributed by atoms with Crippen LogP contribution in [0, 0.1) is 6.92 Å². The van der Waals surface area contributed by atoms with E-state index in [0.717, 1.165) is 9.35 Å². The van der Waals surface area contributed by atoms with Gasteiger partial charge in [-0.2, -0.15) is 0 Å². The molecule has 7 heteroatoms. The van der Waals surface area contributed by atoms with E-state index >= 15 is 0 Å². The largest absolute Gasteiger partial charge is 0.478 e. The molecular formula is C14H13BrN2O3S. The fraction of sp³-hybridized carbons (Fsp3) is 0.143. The fourth-order valence-electron chi connectivity index (χ4n) is 1.77. The van der Waals surface area contributed by atoms with Crippen LogP contribution in [0.25, 0.3) is 0 Å². The van der Waals surface area contributed by atoms with Gasteiger partial charge in [-0.3, -0.25) is 0 Å². The normalized spacial score (nSPS) is 10.2. The highest BCUT2D eigenvalue weighted by Crippen LogP contribution is 2.19. The van der Waals surface area contributed by atoms with Crippen molar-refractivity contribution in [2.24, 2.45) is 0 Å². The number of benzene rings is 1. The summed E-state index contributed by atoms with van der Waals surface area (Å²) >= 11 is 4.90. The number of nitrogens with one attached hydrogen (secondary N) is 2. The van der Waals surface area contributed by atoms with Crippen LogP contribution in [-0.2, 0) is 6.54 Å². The minimum atomic E-state index is -0.980. The molecule has 110 valence electrons. The van der Waals surface area contributed by atoms with E-state index in [1.165, 1.54) is 6.07 Å². The Morgan fingerprint density at radius 2 is 2.10 bits per heavy atom. The minimum absolute atomic E-state index is 0.226. The topological polar surface area (TPSA) is 78.4 Å². The van der Waals surface area contributed by atoms with Gasteiger partial charge in [0.15, 0.2) is 0 Å². The molecule has 5 nitrogen and oxygen atoms in total. The van der Waals surface area contributed by atoms with E-state index in [9.17, 15) is 9.59 Å². The number of carbonyl (C=O) groups excluding carboxylic acids is 1. The monoisotopic (exact) mass is 368 g/mol. The lowest BCUT2D eigenvalue weighted by atomic mass is 10.1. The number of urea groups is 1. The molecule has 0 saturated heterocycles. The van der Waals surface area contributed by atoms with Crippen LogP contribution in [0.5, 0.6) is 0 Å². The molecule has 1 heterocycles. The van der Waals surface area contributed by atoms with E-state index in [0.29, 0.717) is 17.8 Å². The molecule has 0 bridgehead atoms. The van der Waals surface area contributed by atoms with Crippen molar-refractivity contribution >= 4 is 45.0 Å². The third kappa shape index (κ3) is 4.30. The molecular weight excluding hydrogens is 356 g/mol. The maximum atomic E-state index is 11.8. The van der Waals surface area contributed by atoms with Gasteiger partial charge in [-0.1, -0.05) is 0 Å². The highest BCUT2D eigenvalue weighted by atomic mass is 79.9. The molecule has 0 fully saturated rings. The van der Waals surface area contributed by atoms with Gasteiger partial charge < -0.3 is 15.7 Å². The molecule has 3 N–H and O–H groups in total. The van der Waals surface area contributed by atoms with Crippen molar-refractivity contribution in [1.29, 1.82) is 0 Å². The number of hydrogen-bond acceptors (Lipinski definition) is 3. The van der Waals surface area contributed by atoms with Gasteiger partial charge >= 0.3 is 12.0 Å². The molecule has 0 aliphatic heterocycles. The molecule has 0 unspecified atom stereocenters. The van der Waals surface area contributed by atoms with Crippen LogP contribution in [0.2, 0.25) is 0 Å². The number of aromatic carboxylic acids is 1. The van der Waals surface area contributed by atoms with Crippen LogP contribution in [0.3, 0.4) is 0 Å². The van der Waals surface area contributed by atoms with Gasteiger partial charge in [0.25, 0.3) is 0 Å². The highest BCUT2D eigenvalue weighted by molar-refractivity contribution is 9.10. The molecule has 2 rings (SSSR count). The average Bonchev–Trinajstić information content (AvgIpc) is 2.82. The first-order valence-electron chi connectivity index (χ1n) is 6.07. The Bertz CT molecular complexity index is 685. The quantitative estimate of drug-likeness (QED) is 0.766. The minimum Gasteiger partial charge on any atom is -0.478 e. The molecule has 0 atom stereocenters. The summed E-state index contributed by atoms with van der Waals surface area (Å²) in [6.07, 6.45) is 0. The lowest BCUT2D eigenvalue weighted by Gasteiger charge is -2.08. The van der Waals surface area contributed by atoms with Crippen molar-refractivity contribution in [2.45, 2.75) is 13.5 Å². The summed E-state index contributed by atoms with van der Waals surface area (Å²) in [6.45, 7) is 2.13. The zero-order valence-corrected chi connectivity index (χ0v) is 13.5. The Balaban J connectivity index is 1.93. The first-order valence-corrected chi connectivity index (χ1v) is 7.74. The van der Waals surface area contributed by atoms with Crippen molar-refractivity contribution in [3.8, 4) is 0 Å². The number of amides is 2. The number of halogens is 1. The van der Waals surface area contributed by atoms with Gasteiger partial charge in [-0.15, -0.1) is 11.3 Å². The van der Waals surface area contributed by atoms with Gasteiger partial charge in [-0.05, 0) is 52.7 Å². The summed E-state index contributed by atoms with van der Waals surface area (Å²) in [7, 11) is 0. The van der Waals surface area contributed by atoms with Gasteiger partial charge in [0.2, 0.25) is 0 Å². The van der Waals surface area contributed by atoms with Crippen molar-refractivity contribution in [1.82, 2.24) is 5.32 Å². The SMILES string of the molecule is Cc1cc(NC(=O)NCc2cc(Br)cs2)ccc1C(=O)O. The van der Waals surface area contributed by atoms with Gasteiger partial charge in [-0.25, -0.2) is 9.59 Å². The van der Waals surface area contributed by atoms with Crippen LogP contribution >= 0.6 is 27.3 Å². The van der Waals surface area contributed by atoms with Crippen molar-refractivity contribution in [3.63, 3.8) is 0 Å². The Kier molecular flexibility index (Phi) is 4.98. The van der Waals surface area contributed by atoms with E-state index in [1.54, 1.807) is 30.4 Å². The zero-order valence-electron chi connectivity index (χ0n) is 11.1. The van der Waals surface area contributed by atoms with Gasteiger partial charge in [0.05, 0.1) is 12.1 Å². The third-order valence-corrected chi connectivity index (χ3v) is 4.46. The summed E-state index contributed by atoms with van der Waals surface area (Å²) in [5.41, 5.74) is 1.38. The standard InChI is InChI=1S/C14H13BrN2O3S/c1-8-4-10(2-3-12(8)13(18)19)17-14(20)16-6-11-5-9(15)7-21-11/h2-5,7H,6H2,1H3,(H,18,19)(H2,16,17,20). The number of rotatable bonds is 4. The first-order chi connectivity index (χ1) is 9.95. The number of aryl methyl sites for hydroxylation is 1. The van der Waals surface area contributed by atoms with Gasteiger partial charge in [0.1, 0.15) is 0 Å². The van der Waals surface area contributed by atoms with E-state index in [4.69, 9.17) is 5.11 Å². The third-order valence-electron chi connectivity index (χ3n) is 2.76. The maximum absolute atomic E-state index is 11.8. The summed E-state index contributed by atoms with van der Waals surface area (Å²) in [6, 6.07) is 6.28. The Morgan fingerprint density at radius 3 is 2.67 bits per heavy atom. The summed E-state index contributed by atoms with van der Waals surface area (Å²) in [5, 5.41) is 16.3. The molecule has 1 aromatic heterocycles. The van der Waals surface area contributed by atoms with E-state index in [-0.39, 0.29) is 11.6 Å². The van der Waals surface area contributed by atoms with Crippen molar-refractivity contribution in [2.75, 3.05) is 5.32 Å². The number of carboxylic acids is 1. The number of hydrogen-bond donors (Lipinski definition) is 3. The average molecular weight is 369 g/mol. The highest BCUT2D eigenvalue weighted by Gasteiger charge is 2.09. The van der Waals surface area contributed by atoms with E-state index < -0.39 is 5.97 Å². The molecule has 1 aromatic carbocycles. The molecule has 0 radical (unpaired) electrons. The maximum Gasteiger partial charge on any atom is 0.335 e. The molecule has 0 saturated carbocycles. The Hall–Kier alpha value is -1.86. The molecule has 21 heavy (non-hydrogen) atoms. The molecule has 0 aliphatic carbocycles. The molecule has 2 amide bonds. The lowest BCUT2D eigenvalue weighted by Crippen LogP contribution is -2.27. The van der Waals surface area contributed by atoms with Crippen LogP contribution in [0.1, 0.15) is 20.8 Å². The smallest absolute Gasteiger partial charge is 0.335 e. The second kappa shape index (κ2) is 6.73. The Morgan fingerprint density at radius 1 is 1.33 bits per heavy atom. The fourth-order valence-corrected chi connectivity index (χ4v) is 3.16. The summed E-state index contributed by atoms with van der Waals surface area (Å²) in [5.74, 6) is -0.980. The second-order valence-electron chi connectivity index (χ2n) is 4.37. The van der Waals surface area contributed by atoms with E-state index in [2.05, 4.69) is 26.6 Å². The zero-order chi connectivity index (χ0) is 15.4. The number of carbonyl (C=O) groups is 2. The number of anilines is 1. The van der Waals surface area contributed by atoms with Crippen LogP contribution in [-0.4, -0.2) is 17.1 Å². The predicted octanol–water partition coefficient (Wildman–Crippen LogP) is 3.84. The molecule has 2 aromatic rings. The number of thiophene rings is 1. The molecule has 0 aliphatic rings. The predicted molar refractivity (Wildman–Crippen MR) is 86.0 cm³/mol.